The molecule has 1 amide bonds. The molecule has 124 valence electrons. The largest absolute Gasteiger partial charge is 0.451 e. The minimum Gasteiger partial charge on any atom is -0.451 e. The minimum absolute atomic E-state index is 0.0448. The molecule has 1 aromatic carbocycles. The number of aryl methyl sites for hydroxylation is 1. The highest BCUT2D eigenvalue weighted by Crippen LogP contribution is 2.30. The summed E-state index contributed by atoms with van der Waals surface area (Å²) in [7, 11) is 4.01. The molecule has 0 aliphatic carbocycles. The lowest BCUT2D eigenvalue weighted by molar-refractivity contribution is 0.0570. The van der Waals surface area contributed by atoms with Gasteiger partial charge in [0.2, 0.25) is 0 Å². The number of benzene rings is 1. The van der Waals surface area contributed by atoms with E-state index in [1.165, 1.54) is 0 Å². The number of nitrogens with zero attached hydrogens (tertiary/aromatic N) is 2. The highest BCUT2D eigenvalue weighted by atomic mass is 35.5. The molecular weight excluding hydrogens is 312 g/mol. The van der Waals surface area contributed by atoms with Crippen molar-refractivity contribution in [2.75, 3.05) is 20.6 Å². The monoisotopic (exact) mass is 334 g/mol. The number of carbonyl (C=O) groups excluding carboxylic acids is 1. The smallest absolute Gasteiger partial charge is 0.289 e. The van der Waals surface area contributed by atoms with Gasteiger partial charge in [0, 0.05) is 41.6 Å². The van der Waals surface area contributed by atoms with Gasteiger partial charge < -0.3 is 14.2 Å². The quantitative estimate of drug-likeness (QED) is 0.834. The maximum atomic E-state index is 12.9. The highest BCUT2D eigenvalue weighted by molar-refractivity contribution is 6.31. The number of fused-ring (bicyclic) bond motifs is 1. The number of halogens is 1. The van der Waals surface area contributed by atoms with Crippen LogP contribution in [0.1, 0.15) is 35.9 Å². The molecular formula is C18H23ClN2O2. The molecule has 0 spiro atoms. The molecule has 4 nitrogen and oxygen atoms in total. The molecule has 1 fully saturated rings. The van der Waals surface area contributed by atoms with Crippen molar-refractivity contribution >= 4 is 28.5 Å². The van der Waals surface area contributed by atoms with Gasteiger partial charge in [-0.1, -0.05) is 11.6 Å². The van der Waals surface area contributed by atoms with Crippen LogP contribution in [0.25, 0.3) is 11.0 Å². The lowest BCUT2D eigenvalue weighted by Crippen LogP contribution is -2.48. The summed E-state index contributed by atoms with van der Waals surface area (Å²) in [4.78, 5) is 17.1. The number of hydrogen-bond donors (Lipinski definition) is 0. The zero-order valence-electron chi connectivity index (χ0n) is 14.1. The molecule has 0 saturated carbocycles. The topological polar surface area (TPSA) is 36.7 Å². The van der Waals surface area contributed by atoms with Gasteiger partial charge in [-0.25, -0.2) is 0 Å². The Kier molecular flexibility index (Phi) is 4.39. The van der Waals surface area contributed by atoms with Crippen LogP contribution in [0, 0.1) is 6.92 Å². The number of hydrogen-bond acceptors (Lipinski definition) is 3. The van der Waals surface area contributed by atoms with Gasteiger partial charge in [0.15, 0.2) is 5.76 Å². The van der Waals surface area contributed by atoms with Gasteiger partial charge in [-0.15, -0.1) is 0 Å². The molecule has 2 atom stereocenters. The second kappa shape index (κ2) is 6.17. The van der Waals surface area contributed by atoms with E-state index in [4.69, 9.17) is 16.0 Å². The summed E-state index contributed by atoms with van der Waals surface area (Å²) in [6.07, 6.45) is 1.98. The van der Waals surface area contributed by atoms with E-state index in [2.05, 4.69) is 18.9 Å². The third kappa shape index (κ3) is 2.98. The van der Waals surface area contributed by atoms with Gasteiger partial charge in [0.25, 0.3) is 5.91 Å². The van der Waals surface area contributed by atoms with E-state index in [-0.39, 0.29) is 11.9 Å². The zero-order valence-corrected chi connectivity index (χ0v) is 14.9. The molecule has 1 aliphatic rings. The lowest BCUT2D eigenvalue weighted by Gasteiger charge is -2.39. The Bertz CT molecular complexity index is 740. The average molecular weight is 335 g/mol. The molecule has 2 aromatic rings. The Morgan fingerprint density at radius 3 is 2.87 bits per heavy atom. The van der Waals surface area contributed by atoms with Crippen molar-refractivity contribution in [1.82, 2.24) is 9.80 Å². The number of furan rings is 1. The first-order valence-electron chi connectivity index (χ1n) is 8.04. The summed E-state index contributed by atoms with van der Waals surface area (Å²) in [5.41, 5.74) is 1.57. The number of piperidine rings is 1. The van der Waals surface area contributed by atoms with Crippen LogP contribution >= 0.6 is 11.6 Å². The zero-order chi connectivity index (χ0) is 16.7. The fourth-order valence-corrected chi connectivity index (χ4v) is 3.51. The van der Waals surface area contributed by atoms with Crippen molar-refractivity contribution in [3.8, 4) is 0 Å². The maximum absolute atomic E-state index is 12.9. The van der Waals surface area contributed by atoms with Gasteiger partial charge in [-0.05, 0) is 51.9 Å². The Labute approximate surface area is 142 Å². The minimum atomic E-state index is -0.0448. The van der Waals surface area contributed by atoms with Crippen molar-refractivity contribution in [2.24, 2.45) is 0 Å². The molecule has 0 unspecified atom stereocenters. The predicted molar refractivity (Wildman–Crippen MR) is 93.2 cm³/mol. The van der Waals surface area contributed by atoms with Gasteiger partial charge in [-0.3, -0.25) is 4.79 Å². The Balaban J connectivity index is 1.86. The molecule has 1 saturated heterocycles. The summed E-state index contributed by atoms with van der Waals surface area (Å²) >= 11 is 6.05. The second-order valence-electron chi connectivity index (χ2n) is 6.62. The fourth-order valence-electron chi connectivity index (χ4n) is 3.34. The van der Waals surface area contributed by atoms with Gasteiger partial charge in [-0.2, -0.15) is 0 Å². The normalized spacial score (nSPS) is 22.5. The van der Waals surface area contributed by atoms with Gasteiger partial charge in [0.1, 0.15) is 5.58 Å². The maximum Gasteiger partial charge on any atom is 0.289 e. The molecule has 1 aliphatic heterocycles. The number of rotatable bonds is 2. The van der Waals surface area contributed by atoms with E-state index < -0.39 is 0 Å². The van der Waals surface area contributed by atoms with Gasteiger partial charge >= 0.3 is 0 Å². The third-order valence-corrected chi connectivity index (χ3v) is 5.38. The summed E-state index contributed by atoms with van der Waals surface area (Å²) in [6.45, 7) is 5.14. The molecule has 1 aromatic heterocycles. The Hall–Kier alpha value is -1.52. The fraction of sp³-hybridized carbons (Fsp3) is 0.500. The van der Waals surface area contributed by atoms with Crippen LogP contribution in [0.4, 0.5) is 0 Å². The van der Waals surface area contributed by atoms with Crippen LogP contribution in [0.2, 0.25) is 5.02 Å². The number of amides is 1. The molecule has 23 heavy (non-hydrogen) atoms. The SMILES string of the molecule is Cc1c(C(=O)N(C)[C@@H]2CCN(C)[C@@H](C)C2)oc2ccc(Cl)cc12. The Morgan fingerprint density at radius 1 is 1.43 bits per heavy atom. The standard InChI is InChI=1S/C18H23ClN2O2/c1-11-9-14(7-8-20(11)3)21(4)18(22)17-12(2)15-10-13(19)5-6-16(15)23-17/h5-6,10-11,14H,7-9H2,1-4H3/t11-,14+/m0/s1. The van der Waals surface area contributed by atoms with E-state index >= 15 is 0 Å². The van der Waals surface area contributed by atoms with E-state index in [1.807, 2.05) is 31.0 Å². The summed E-state index contributed by atoms with van der Waals surface area (Å²) in [5.74, 6) is 0.382. The van der Waals surface area contributed by atoms with Crippen molar-refractivity contribution in [3.63, 3.8) is 0 Å². The highest BCUT2D eigenvalue weighted by Gasteiger charge is 2.30. The summed E-state index contributed by atoms with van der Waals surface area (Å²) in [6, 6.07) is 6.19. The first-order valence-corrected chi connectivity index (χ1v) is 8.42. The average Bonchev–Trinajstić information content (AvgIpc) is 2.85. The van der Waals surface area contributed by atoms with Crippen molar-refractivity contribution in [1.29, 1.82) is 0 Å². The van der Waals surface area contributed by atoms with E-state index in [0.29, 0.717) is 22.4 Å². The first-order chi connectivity index (χ1) is 10.9. The van der Waals surface area contributed by atoms with Crippen LogP contribution in [0.5, 0.6) is 0 Å². The molecule has 2 heterocycles. The molecule has 0 N–H and O–H groups in total. The van der Waals surface area contributed by atoms with Crippen molar-refractivity contribution in [2.45, 2.75) is 38.8 Å². The van der Waals surface area contributed by atoms with Crippen LogP contribution in [0.3, 0.4) is 0 Å². The molecule has 5 heteroatoms. The van der Waals surface area contributed by atoms with Crippen LogP contribution < -0.4 is 0 Å². The van der Waals surface area contributed by atoms with Crippen LogP contribution in [-0.2, 0) is 0 Å². The third-order valence-electron chi connectivity index (χ3n) is 5.14. The second-order valence-corrected chi connectivity index (χ2v) is 7.06. The molecule has 3 rings (SSSR count). The molecule has 0 radical (unpaired) electrons. The van der Waals surface area contributed by atoms with Crippen molar-refractivity contribution < 1.29 is 9.21 Å². The lowest BCUT2D eigenvalue weighted by atomic mass is 9.97. The van der Waals surface area contributed by atoms with Gasteiger partial charge in [0.05, 0.1) is 0 Å². The predicted octanol–water partition coefficient (Wildman–Crippen LogP) is 3.95. The number of likely N-dealkylation sites (tertiary alicyclic amines) is 1. The first kappa shape index (κ1) is 16.3. The van der Waals surface area contributed by atoms with E-state index in [1.54, 1.807) is 6.07 Å². The number of carbonyl (C=O) groups is 1. The van der Waals surface area contributed by atoms with E-state index in [9.17, 15) is 4.79 Å². The molecule has 0 bridgehead atoms. The van der Waals surface area contributed by atoms with Crippen LogP contribution in [-0.4, -0.2) is 48.4 Å². The summed E-state index contributed by atoms with van der Waals surface area (Å²) in [5, 5.41) is 1.56. The van der Waals surface area contributed by atoms with E-state index in [0.717, 1.165) is 30.3 Å². The Morgan fingerprint density at radius 2 is 2.17 bits per heavy atom. The van der Waals surface area contributed by atoms with Crippen molar-refractivity contribution in [3.05, 3.63) is 34.5 Å². The van der Waals surface area contributed by atoms with Crippen LogP contribution in [0.15, 0.2) is 22.6 Å². The summed E-state index contributed by atoms with van der Waals surface area (Å²) < 4.78 is 5.82.